The molecule has 4 nitrogen and oxygen atoms in total. The zero-order valence-corrected chi connectivity index (χ0v) is 12.7. The van der Waals surface area contributed by atoms with Crippen molar-refractivity contribution in [3.63, 3.8) is 0 Å². The fourth-order valence-corrected chi connectivity index (χ4v) is 3.80. The van der Waals surface area contributed by atoms with Crippen molar-refractivity contribution in [2.24, 2.45) is 5.73 Å². The second-order valence-electron chi connectivity index (χ2n) is 4.36. The summed E-state index contributed by atoms with van der Waals surface area (Å²) in [5.41, 5.74) is 13.6. The third kappa shape index (κ3) is 2.05. The zero-order chi connectivity index (χ0) is 14.3. The molecule has 1 aliphatic heterocycles. The number of nitriles is 1. The minimum absolute atomic E-state index is 0.139. The first-order chi connectivity index (χ1) is 9.60. The molecule has 0 unspecified atom stereocenters. The molecule has 1 aromatic carbocycles. The van der Waals surface area contributed by atoms with Crippen LogP contribution >= 0.6 is 27.3 Å². The second kappa shape index (κ2) is 4.85. The lowest BCUT2D eigenvalue weighted by Gasteiger charge is -2.25. The van der Waals surface area contributed by atoms with Crippen molar-refractivity contribution >= 4 is 33.0 Å². The largest absolute Gasteiger partial charge is 0.440 e. The van der Waals surface area contributed by atoms with E-state index in [4.69, 9.17) is 16.2 Å². The van der Waals surface area contributed by atoms with Crippen LogP contribution in [0.3, 0.4) is 0 Å². The minimum atomic E-state index is -0.208. The van der Waals surface area contributed by atoms with Gasteiger partial charge in [0.1, 0.15) is 17.4 Å². The number of allylic oxidation sites excluding steroid dienone is 1. The molecule has 1 atom stereocenters. The first kappa shape index (κ1) is 13.0. The summed E-state index contributed by atoms with van der Waals surface area (Å²) < 4.78 is 6.53. The molecule has 20 heavy (non-hydrogen) atoms. The van der Waals surface area contributed by atoms with Crippen molar-refractivity contribution in [3.8, 4) is 11.8 Å². The maximum atomic E-state index is 9.38. The van der Waals surface area contributed by atoms with Crippen LogP contribution in [0.1, 0.15) is 16.4 Å². The standard InChI is InChI=1S/C14H10BrN3OS/c15-12-4-3-11(20-12)13-8-2-1-7(17)5-10(8)19-14(18)9(13)6-16/h1-5,13H,17-18H2/t13-/m1/s1. The molecule has 3 rings (SSSR count). The van der Waals surface area contributed by atoms with Crippen LogP contribution in [0.5, 0.6) is 5.75 Å². The summed E-state index contributed by atoms with van der Waals surface area (Å²) in [6.07, 6.45) is 0. The molecule has 0 amide bonds. The van der Waals surface area contributed by atoms with E-state index in [-0.39, 0.29) is 11.8 Å². The van der Waals surface area contributed by atoms with Crippen LogP contribution < -0.4 is 16.2 Å². The van der Waals surface area contributed by atoms with Crippen molar-refractivity contribution < 1.29 is 4.74 Å². The Morgan fingerprint density at radius 1 is 1.25 bits per heavy atom. The van der Waals surface area contributed by atoms with Gasteiger partial charge in [-0.05, 0) is 34.1 Å². The molecule has 0 saturated carbocycles. The maximum absolute atomic E-state index is 9.38. The van der Waals surface area contributed by atoms with E-state index in [2.05, 4.69) is 22.0 Å². The highest BCUT2D eigenvalue weighted by atomic mass is 79.9. The summed E-state index contributed by atoms with van der Waals surface area (Å²) in [4.78, 5) is 1.03. The lowest BCUT2D eigenvalue weighted by molar-refractivity contribution is 0.394. The summed E-state index contributed by atoms with van der Waals surface area (Å²) in [7, 11) is 0. The molecular formula is C14H10BrN3OS. The van der Waals surface area contributed by atoms with E-state index < -0.39 is 0 Å². The molecule has 0 radical (unpaired) electrons. The van der Waals surface area contributed by atoms with E-state index in [0.717, 1.165) is 14.2 Å². The Kier molecular flexibility index (Phi) is 3.16. The molecule has 0 aliphatic carbocycles. The summed E-state index contributed by atoms with van der Waals surface area (Å²) in [5.74, 6) is 0.539. The third-order valence-electron chi connectivity index (χ3n) is 3.12. The summed E-state index contributed by atoms with van der Waals surface area (Å²) >= 11 is 5.02. The Bertz CT molecular complexity index is 760. The van der Waals surface area contributed by atoms with Crippen LogP contribution in [0.25, 0.3) is 0 Å². The predicted molar refractivity (Wildman–Crippen MR) is 82.2 cm³/mol. The fourth-order valence-electron chi connectivity index (χ4n) is 2.25. The summed E-state index contributed by atoms with van der Waals surface area (Å²) in [6, 6.07) is 11.5. The van der Waals surface area contributed by atoms with Gasteiger partial charge >= 0.3 is 0 Å². The average Bonchev–Trinajstić information content (AvgIpc) is 2.83. The van der Waals surface area contributed by atoms with Gasteiger partial charge < -0.3 is 16.2 Å². The molecular weight excluding hydrogens is 338 g/mol. The Labute approximate surface area is 128 Å². The van der Waals surface area contributed by atoms with E-state index >= 15 is 0 Å². The quantitative estimate of drug-likeness (QED) is 0.775. The molecule has 2 aromatic rings. The highest BCUT2D eigenvalue weighted by Gasteiger charge is 2.31. The Morgan fingerprint density at radius 2 is 2.05 bits per heavy atom. The van der Waals surface area contributed by atoms with Gasteiger partial charge in [-0.2, -0.15) is 5.26 Å². The van der Waals surface area contributed by atoms with Crippen molar-refractivity contribution in [3.05, 3.63) is 56.0 Å². The molecule has 0 saturated heterocycles. The van der Waals surface area contributed by atoms with Crippen molar-refractivity contribution in [2.45, 2.75) is 5.92 Å². The average molecular weight is 348 g/mol. The number of nitrogens with zero attached hydrogens (tertiary/aromatic N) is 1. The third-order valence-corrected chi connectivity index (χ3v) is 4.81. The van der Waals surface area contributed by atoms with Gasteiger partial charge in [-0.1, -0.05) is 6.07 Å². The molecule has 0 bridgehead atoms. The van der Waals surface area contributed by atoms with Gasteiger partial charge in [-0.25, -0.2) is 0 Å². The summed E-state index contributed by atoms with van der Waals surface area (Å²) in [6.45, 7) is 0. The molecule has 1 aromatic heterocycles. The number of nitrogen functional groups attached to an aromatic ring is 1. The van der Waals surface area contributed by atoms with Crippen molar-refractivity contribution in [2.75, 3.05) is 5.73 Å². The van der Waals surface area contributed by atoms with Crippen molar-refractivity contribution in [1.82, 2.24) is 0 Å². The molecule has 4 N–H and O–H groups in total. The van der Waals surface area contributed by atoms with E-state index in [0.29, 0.717) is 17.0 Å². The van der Waals surface area contributed by atoms with E-state index in [1.54, 1.807) is 23.5 Å². The van der Waals surface area contributed by atoms with E-state index in [9.17, 15) is 5.26 Å². The number of fused-ring (bicyclic) bond motifs is 1. The number of benzene rings is 1. The summed E-state index contributed by atoms with van der Waals surface area (Å²) in [5, 5.41) is 9.38. The van der Waals surface area contributed by atoms with Crippen LogP contribution in [-0.2, 0) is 0 Å². The van der Waals surface area contributed by atoms with E-state index in [1.807, 2.05) is 18.2 Å². The van der Waals surface area contributed by atoms with E-state index in [1.165, 1.54) is 0 Å². The highest BCUT2D eigenvalue weighted by Crippen LogP contribution is 2.45. The first-order valence-corrected chi connectivity index (χ1v) is 7.43. The van der Waals surface area contributed by atoms with Crippen LogP contribution in [0.4, 0.5) is 5.69 Å². The van der Waals surface area contributed by atoms with Crippen molar-refractivity contribution in [1.29, 1.82) is 5.26 Å². The van der Waals surface area contributed by atoms with Crippen LogP contribution in [-0.4, -0.2) is 0 Å². The molecule has 0 spiro atoms. The molecule has 100 valence electrons. The number of hydrogen-bond acceptors (Lipinski definition) is 5. The minimum Gasteiger partial charge on any atom is -0.440 e. The fraction of sp³-hybridized carbons (Fsp3) is 0.0714. The SMILES string of the molecule is N#CC1=C(N)Oc2cc(N)ccc2[C@H]1c1ccc(Br)s1. The Morgan fingerprint density at radius 3 is 2.70 bits per heavy atom. The second-order valence-corrected chi connectivity index (χ2v) is 6.86. The number of ether oxygens (including phenoxy) is 1. The van der Waals surface area contributed by atoms with Gasteiger partial charge in [0, 0.05) is 22.2 Å². The topological polar surface area (TPSA) is 85.1 Å². The smallest absolute Gasteiger partial charge is 0.205 e. The van der Waals surface area contributed by atoms with Gasteiger partial charge in [-0.3, -0.25) is 0 Å². The number of halogens is 1. The monoisotopic (exact) mass is 347 g/mol. The maximum Gasteiger partial charge on any atom is 0.205 e. The number of anilines is 1. The van der Waals surface area contributed by atoms with Gasteiger partial charge in [0.2, 0.25) is 5.88 Å². The number of nitrogens with two attached hydrogens (primary N) is 2. The molecule has 2 heterocycles. The van der Waals surface area contributed by atoms with Crippen LogP contribution in [0.15, 0.2) is 45.6 Å². The first-order valence-electron chi connectivity index (χ1n) is 5.82. The van der Waals surface area contributed by atoms with Crippen LogP contribution in [0, 0.1) is 11.3 Å². The Hall–Kier alpha value is -1.97. The zero-order valence-electron chi connectivity index (χ0n) is 10.3. The number of thiophene rings is 1. The lowest BCUT2D eigenvalue weighted by atomic mass is 9.88. The highest BCUT2D eigenvalue weighted by molar-refractivity contribution is 9.11. The predicted octanol–water partition coefficient (Wildman–Crippen LogP) is 3.31. The number of hydrogen-bond donors (Lipinski definition) is 2. The Balaban J connectivity index is 2.22. The molecule has 0 fully saturated rings. The number of rotatable bonds is 1. The normalized spacial score (nSPS) is 17.3. The molecule has 1 aliphatic rings. The van der Waals surface area contributed by atoms with Gasteiger partial charge in [0.25, 0.3) is 0 Å². The van der Waals surface area contributed by atoms with Gasteiger partial charge in [0.15, 0.2) is 0 Å². The lowest BCUT2D eigenvalue weighted by Crippen LogP contribution is -2.20. The molecule has 6 heteroatoms. The van der Waals surface area contributed by atoms with Crippen LogP contribution in [0.2, 0.25) is 0 Å². The van der Waals surface area contributed by atoms with Gasteiger partial charge in [0.05, 0.1) is 9.70 Å². The van der Waals surface area contributed by atoms with Gasteiger partial charge in [-0.15, -0.1) is 11.3 Å².